The van der Waals surface area contributed by atoms with E-state index in [9.17, 15) is 4.79 Å². The number of rotatable bonds is 6. The highest BCUT2D eigenvalue weighted by molar-refractivity contribution is 7.16. The maximum absolute atomic E-state index is 12.6. The summed E-state index contributed by atoms with van der Waals surface area (Å²) < 4.78 is 5.25. The van der Waals surface area contributed by atoms with Gasteiger partial charge in [-0.1, -0.05) is 29.8 Å². The van der Waals surface area contributed by atoms with Gasteiger partial charge in [0, 0.05) is 21.8 Å². The summed E-state index contributed by atoms with van der Waals surface area (Å²) in [5, 5.41) is 7.26. The first kappa shape index (κ1) is 20.8. The van der Waals surface area contributed by atoms with Crippen molar-refractivity contribution in [2.75, 3.05) is 10.6 Å². The van der Waals surface area contributed by atoms with E-state index in [1.54, 1.807) is 12.1 Å². The highest BCUT2D eigenvalue weighted by Gasteiger charge is 2.23. The van der Waals surface area contributed by atoms with Gasteiger partial charge < -0.3 is 15.1 Å². The van der Waals surface area contributed by atoms with Gasteiger partial charge in [-0.05, 0) is 57.5 Å². The SMILES string of the molecule is Cc1ccc(C(Nc2nc(C)cc(C)n2)c2cc(C)sc2NC(=O)c2ccco2)cc1. The Morgan fingerprint density at radius 3 is 2.35 bits per heavy atom. The van der Waals surface area contributed by atoms with E-state index >= 15 is 0 Å². The molecule has 0 bridgehead atoms. The van der Waals surface area contributed by atoms with Crippen LogP contribution in [0.5, 0.6) is 0 Å². The number of furan rings is 1. The third-order valence-electron chi connectivity index (χ3n) is 4.83. The van der Waals surface area contributed by atoms with E-state index < -0.39 is 0 Å². The molecule has 0 spiro atoms. The van der Waals surface area contributed by atoms with Gasteiger partial charge in [-0.25, -0.2) is 9.97 Å². The molecule has 1 unspecified atom stereocenters. The van der Waals surface area contributed by atoms with E-state index in [0.29, 0.717) is 5.95 Å². The van der Waals surface area contributed by atoms with E-state index in [1.165, 1.54) is 23.2 Å². The maximum atomic E-state index is 12.6. The third-order valence-corrected chi connectivity index (χ3v) is 5.82. The minimum Gasteiger partial charge on any atom is -0.459 e. The van der Waals surface area contributed by atoms with Crippen LogP contribution in [0.2, 0.25) is 0 Å². The molecule has 2 N–H and O–H groups in total. The van der Waals surface area contributed by atoms with E-state index in [0.717, 1.165) is 32.4 Å². The van der Waals surface area contributed by atoms with Crippen LogP contribution in [0.4, 0.5) is 10.9 Å². The van der Waals surface area contributed by atoms with Gasteiger partial charge in [-0.3, -0.25) is 4.79 Å². The van der Waals surface area contributed by atoms with Crippen molar-refractivity contribution in [2.24, 2.45) is 0 Å². The van der Waals surface area contributed by atoms with Crippen molar-refractivity contribution in [3.63, 3.8) is 0 Å². The minimum absolute atomic E-state index is 0.237. The largest absolute Gasteiger partial charge is 0.459 e. The standard InChI is InChI=1S/C24H24N4O2S/c1-14-7-9-18(10-8-14)21(27-24-25-15(2)12-16(3)26-24)19-13-17(4)31-23(19)28-22(29)20-6-5-11-30-20/h5-13,21H,1-4H3,(H,28,29)(H,25,26,27). The molecule has 0 aliphatic rings. The first-order valence-electron chi connectivity index (χ1n) is 9.99. The number of amides is 1. The van der Waals surface area contributed by atoms with Crippen LogP contribution in [0.1, 0.15) is 49.6 Å². The normalized spacial score (nSPS) is 11.9. The number of thiophene rings is 1. The van der Waals surface area contributed by atoms with Crippen LogP contribution in [-0.4, -0.2) is 15.9 Å². The number of nitrogens with zero attached hydrogens (tertiary/aromatic N) is 2. The van der Waals surface area contributed by atoms with Gasteiger partial charge in [0.05, 0.1) is 12.3 Å². The third kappa shape index (κ3) is 4.83. The van der Waals surface area contributed by atoms with Gasteiger partial charge >= 0.3 is 0 Å². The maximum Gasteiger partial charge on any atom is 0.291 e. The summed E-state index contributed by atoms with van der Waals surface area (Å²) in [5.74, 6) is 0.545. The van der Waals surface area contributed by atoms with Crippen molar-refractivity contribution >= 4 is 28.2 Å². The lowest BCUT2D eigenvalue weighted by atomic mass is 9.99. The number of hydrogen-bond acceptors (Lipinski definition) is 6. The molecule has 7 heteroatoms. The fourth-order valence-corrected chi connectivity index (χ4v) is 4.38. The molecule has 1 aromatic carbocycles. The molecular weight excluding hydrogens is 408 g/mol. The van der Waals surface area contributed by atoms with E-state index in [1.807, 2.05) is 26.8 Å². The average Bonchev–Trinajstić information content (AvgIpc) is 3.36. The molecular formula is C24H24N4O2S. The second-order valence-corrected chi connectivity index (χ2v) is 8.79. The lowest BCUT2D eigenvalue weighted by molar-refractivity contribution is 0.0997. The molecule has 0 aliphatic heterocycles. The van der Waals surface area contributed by atoms with Crippen LogP contribution in [0, 0.1) is 27.7 Å². The molecule has 1 amide bonds. The Morgan fingerprint density at radius 2 is 1.71 bits per heavy atom. The summed E-state index contributed by atoms with van der Waals surface area (Å²) in [6.07, 6.45) is 1.49. The number of aryl methyl sites for hydroxylation is 4. The lowest BCUT2D eigenvalue weighted by Crippen LogP contribution is -2.18. The zero-order valence-electron chi connectivity index (χ0n) is 17.9. The summed E-state index contributed by atoms with van der Waals surface area (Å²) in [7, 11) is 0. The Balaban J connectivity index is 1.74. The first-order chi connectivity index (χ1) is 14.9. The smallest absolute Gasteiger partial charge is 0.291 e. The number of nitrogens with one attached hydrogen (secondary N) is 2. The second kappa shape index (κ2) is 8.73. The topological polar surface area (TPSA) is 80.0 Å². The fraction of sp³-hybridized carbons (Fsp3) is 0.208. The molecule has 31 heavy (non-hydrogen) atoms. The van der Waals surface area contributed by atoms with E-state index in [-0.39, 0.29) is 17.7 Å². The molecule has 0 radical (unpaired) electrons. The van der Waals surface area contributed by atoms with Crippen LogP contribution in [0.25, 0.3) is 0 Å². The Kier molecular flexibility index (Phi) is 5.86. The molecule has 4 aromatic rings. The Bertz CT molecular complexity index is 1180. The van der Waals surface area contributed by atoms with Crippen molar-refractivity contribution < 1.29 is 9.21 Å². The van der Waals surface area contributed by atoms with Crippen molar-refractivity contribution in [2.45, 2.75) is 33.7 Å². The summed E-state index contributed by atoms with van der Waals surface area (Å²) in [6.45, 7) is 7.98. The number of benzene rings is 1. The molecule has 0 aliphatic carbocycles. The molecule has 1 atom stereocenters. The van der Waals surface area contributed by atoms with Gasteiger partial charge in [0.15, 0.2) is 5.76 Å². The number of hydrogen-bond donors (Lipinski definition) is 2. The quantitative estimate of drug-likeness (QED) is 0.401. The Hall–Kier alpha value is -3.45. The predicted molar refractivity (Wildman–Crippen MR) is 124 cm³/mol. The summed E-state index contributed by atoms with van der Waals surface area (Å²) in [6, 6.07) is 15.5. The number of aromatic nitrogens is 2. The molecule has 6 nitrogen and oxygen atoms in total. The molecule has 0 saturated heterocycles. The number of carbonyl (C=O) groups excluding carboxylic acids is 1. The zero-order valence-corrected chi connectivity index (χ0v) is 18.7. The van der Waals surface area contributed by atoms with Crippen LogP contribution >= 0.6 is 11.3 Å². The molecule has 3 aromatic heterocycles. The molecule has 0 fully saturated rings. The van der Waals surface area contributed by atoms with E-state index in [4.69, 9.17) is 4.42 Å². The van der Waals surface area contributed by atoms with Crippen molar-refractivity contribution in [1.29, 1.82) is 0 Å². The first-order valence-corrected chi connectivity index (χ1v) is 10.8. The Morgan fingerprint density at radius 1 is 1.00 bits per heavy atom. The molecule has 158 valence electrons. The molecule has 0 saturated carbocycles. The zero-order chi connectivity index (χ0) is 22.0. The summed E-state index contributed by atoms with van der Waals surface area (Å²) >= 11 is 1.53. The highest BCUT2D eigenvalue weighted by Crippen LogP contribution is 2.37. The van der Waals surface area contributed by atoms with Crippen LogP contribution < -0.4 is 10.6 Å². The van der Waals surface area contributed by atoms with Gasteiger partial charge in [-0.15, -0.1) is 11.3 Å². The predicted octanol–water partition coefficient (Wildman–Crippen LogP) is 5.82. The lowest BCUT2D eigenvalue weighted by Gasteiger charge is -2.21. The van der Waals surface area contributed by atoms with E-state index in [2.05, 4.69) is 57.9 Å². The number of anilines is 2. The van der Waals surface area contributed by atoms with Crippen molar-refractivity contribution in [1.82, 2.24) is 9.97 Å². The minimum atomic E-state index is -0.279. The van der Waals surface area contributed by atoms with Crippen LogP contribution in [0.3, 0.4) is 0 Å². The average molecular weight is 433 g/mol. The molecule has 4 rings (SSSR count). The van der Waals surface area contributed by atoms with Gasteiger partial charge in [0.2, 0.25) is 5.95 Å². The van der Waals surface area contributed by atoms with Crippen molar-refractivity contribution in [3.05, 3.63) is 93.5 Å². The van der Waals surface area contributed by atoms with Gasteiger partial charge in [-0.2, -0.15) is 0 Å². The highest BCUT2D eigenvalue weighted by atomic mass is 32.1. The molecule has 3 heterocycles. The monoisotopic (exact) mass is 432 g/mol. The van der Waals surface area contributed by atoms with Crippen LogP contribution in [-0.2, 0) is 0 Å². The number of carbonyl (C=O) groups is 1. The fourth-order valence-electron chi connectivity index (χ4n) is 3.44. The summed E-state index contributed by atoms with van der Waals surface area (Å²) in [4.78, 5) is 22.9. The second-order valence-electron chi connectivity index (χ2n) is 7.54. The Labute approximate surface area is 185 Å². The van der Waals surface area contributed by atoms with Crippen LogP contribution in [0.15, 0.2) is 59.2 Å². The van der Waals surface area contributed by atoms with Crippen molar-refractivity contribution in [3.8, 4) is 0 Å². The van der Waals surface area contributed by atoms with Gasteiger partial charge in [0.25, 0.3) is 5.91 Å². The summed E-state index contributed by atoms with van der Waals surface area (Å²) in [5.41, 5.74) is 4.97. The van der Waals surface area contributed by atoms with Gasteiger partial charge in [0.1, 0.15) is 5.00 Å².